The van der Waals surface area contributed by atoms with Crippen LogP contribution < -0.4 is 10.6 Å². The van der Waals surface area contributed by atoms with Gasteiger partial charge in [-0.3, -0.25) is 5.32 Å². The van der Waals surface area contributed by atoms with Gasteiger partial charge < -0.3 is 5.32 Å². The smallest absolute Gasteiger partial charge is 0.308 e. The van der Waals surface area contributed by atoms with Crippen molar-refractivity contribution in [2.75, 3.05) is 10.6 Å². The Labute approximate surface area is 155 Å². The molecule has 2 N–H and O–H groups in total. The summed E-state index contributed by atoms with van der Waals surface area (Å²) >= 11 is 7.30. The molecule has 0 aliphatic rings. The van der Waals surface area contributed by atoms with Crippen LogP contribution in [0.1, 0.15) is 16.0 Å². The van der Waals surface area contributed by atoms with Crippen LogP contribution in [0.25, 0.3) is 11.3 Å². The zero-order valence-corrected chi connectivity index (χ0v) is 15.8. The third-order valence-corrected chi connectivity index (χ3v) is 5.04. The molecule has 25 heavy (non-hydrogen) atoms. The molecule has 128 valence electrons. The van der Waals surface area contributed by atoms with Crippen molar-refractivity contribution < 1.29 is 4.79 Å². The van der Waals surface area contributed by atoms with Gasteiger partial charge in [-0.2, -0.15) is 0 Å². The summed E-state index contributed by atoms with van der Waals surface area (Å²) in [5.41, 5.74) is 5.10. The Bertz CT molecular complexity index is 919. The minimum Gasteiger partial charge on any atom is -0.308 e. The van der Waals surface area contributed by atoms with E-state index in [0.29, 0.717) is 15.8 Å². The summed E-state index contributed by atoms with van der Waals surface area (Å²) in [6.07, 6.45) is 0. The maximum absolute atomic E-state index is 12.1. The predicted octanol–water partition coefficient (Wildman–Crippen LogP) is 6.03. The molecule has 3 aromatic rings. The van der Waals surface area contributed by atoms with Gasteiger partial charge in [0, 0.05) is 21.2 Å². The number of aromatic nitrogens is 1. The molecule has 0 atom stereocenters. The molecule has 0 saturated heterocycles. The van der Waals surface area contributed by atoms with E-state index in [1.165, 1.54) is 22.5 Å². The standard InChI is InChI=1S/C19H18ClN3OS/c1-11-4-5-14(10-12(11)2)17-13(3)25-19(22-17)23-18(24)21-16-8-6-15(20)7-9-16/h4-10H,1-3H3,(H2,21,22,23,24). The van der Waals surface area contributed by atoms with Crippen molar-refractivity contribution in [2.45, 2.75) is 20.8 Å². The van der Waals surface area contributed by atoms with Gasteiger partial charge in [-0.15, -0.1) is 11.3 Å². The fourth-order valence-electron chi connectivity index (χ4n) is 2.40. The van der Waals surface area contributed by atoms with Crippen molar-refractivity contribution in [1.29, 1.82) is 0 Å². The Balaban J connectivity index is 1.74. The van der Waals surface area contributed by atoms with Crippen LogP contribution in [0.5, 0.6) is 0 Å². The number of anilines is 2. The second-order valence-electron chi connectivity index (χ2n) is 5.81. The number of carbonyl (C=O) groups excluding carboxylic acids is 1. The summed E-state index contributed by atoms with van der Waals surface area (Å²) in [5.74, 6) is 0. The molecule has 0 spiro atoms. The van der Waals surface area contributed by atoms with Gasteiger partial charge >= 0.3 is 6.03 Å². The molecule has 0 radical (unpaired) electrons. The SMILES string of the molecule is Cc1ccc(-c2nc(NC(=O)Nc3ccc(Cl)cc3)sc2C)cc1C. The van der Waals surface area contributed by atoms with Gasteiger partial charge in [0.1, 0.15) is 0 Å². The number of benzene rings is 2. The van der Waals surface area contributed by atoms with Gasteiger partial charge in [0.15, 0.2) is 5.13 Å². The number of urea groups is 1. The topological polar surface area (TPSA) is 54.0 Å². The molecule has 2 aromatic carbocycles. The number of carbonyl (C=O) groups is 1. The number of rotatable bonds is 3. The highest BCUT2D eigenvalue weighted by Crippen LogP contribution is 2.31. The van der Waals surface area contributed by atoms with Crippen LogP contribution in [0, 0.1) is 20.8 Å². The number of hydrogen-bond donors (Lipinski definition) is 2. The summed E-state index contributed by atoms with van der Waals surface area (Å²) in [5, 5.41) is 6.74. The zero-order chi connectivity index (χ0) is 18.0. The normalized spacial score (nSPS) is 10.6. The Morgan fingerprint density at radius 3 is 2.40 bits per heavy atom. The van der Waals surface area contributed by atoms with Crippen molar-refractivity contribution in [3.05, 3.63) is 63.5 Å². The van der Waals surface area contributed by atoms with Gasteiger partial charge in [0.05, 0.1) is 5.69 Å². The number of nitrogens with one attached hydrogen (secondary N) is 2. The molecular weight excluding hydrogens is 354 g/mol. The second kappa shape index (κ2) is 7.25. The number of hydrogen-bond acceptors (Lipinski definition) is 3. The van der Waals surface area contributed by atoms with Crippen LogP contribution in [-0.4, -0.2) is 11.0 Å². The molecule has 0 fully saturated rings. The van der Waals surface area contributed by atoms with Crippen molar-refractivity contribution in [2.24, 2.45) is 0 Å². The van der Waals surface area contributed by atoms with E-state index in [1.54, 1.807) is 24.3 Å². The lowest BCUT2D eigenvalue weighted by Gasteiger charge is -2.05. The maximum Gasteiger partial charge on any atom is 0.325 e. The van der Waals surface area contributed by atoms with Crippen molar-refractivity contribution in [1.82, 2.24) is 4.98 Å². The van der Waals surface area contributed by atoms with E-state index in [2.05, 4.69) is 47.7 Å². The number of thiazole rings is 1. The Morgan fingerprint density at radius 2 is 1.72 bits per heavy atom. The number of nitrogens with zero attached hydrogens (tertiary/aromatic N) is 1. The molecule has 2 amide bonds. The summed E-state index contributed by atoms with van der Waals surface area (Å²) < 4.78 is 0. The average Bonchev–Trinajstić information content (AvgIpc) is 2.92. The highest BCUT2D eigenvalue weighted by atomic mass is 35.5. The minimum atomic E-state index is -0.331. The number of amides is 2. The number of halogens is 1. The first-order valence-electron chi connectivity index (χ1n) is 7.81. The maximum atomic E-state index is 12.1. The molecular formula is C19H18ClN3OS. The second-order valence-corrected chi connectivity index (χ2v) is 7.45. The fraction of sp³-hybridized carbons (Fsp3) is 0.158. The quantitative estimate of drug-likeness (QED) is 0.590. The summed E-state index contributed by atoms with van der Waals surface area (Å²) in [7, 11) is 0. The average molecular weight is 372 g/mol. The van der Waals surface area contributed by atoms with E-state index in [4.69, 9.17) is 11.6 Å². The zero-order valence-electron chi connectivity index (χ0n) is 14.2. The molecule has 4 nitrogen and oxygen atoms in total. The van der Waals surface area contributed by atoms with Crippen LogP contribution >= 0.6 is 22.9 Å². The molecule has 0 saturated carbocycles. The van der Waals surface area contributed by atoms with Gasteiger partial charge in [0.25, 0.3) is 0 Å². The van der Waals surface area contributed by atoms with Gasteiger partial charge in [-0.25, -0.2) is 9.78 Å². The number of aryl methyl sites for hydroxylation is 3. The first-order valence-corrected chi connectivity index (χ1v) is 9.00. The van der Waals surface area contributed by atoms with E-state index in [9.17, 15) is 4.79 Å². The molecule has 1 heterocycles. The lowest BCUT2D eigenvalue weighted by molar-refractivity contribution is 0.262. The van der Waals surface area contributed by atoms with Gasteiger partial charge in [-0.1, -0.05) is 23.7 Å². The molecule has 6 heteroatoms. The Morgan fingerprint density at radius 1 is 1.00 bits per heavy atom. The largest absolute Gasteiger partial charge is 0.325 e. The van der Waals surface area contributed by atoms with Crippen molar-refractivity contribution >= 4 is 39.8 Å². The van der Waals surface area contributed by atoms with Crippen LogP contribution in [0.15, 0.2) is 42.5 Å². The van der Waals surface area contributed by atoms with E-state index in [0.717, 1.165) is 16.1 Å². The van der Waals surface area contributed by atoms with Crippen molar-refractivity contribution in [3.8, 4) is 11.3 Å². The molecule has 0 aliphatic carbocycles. The van der Waals surface area contributed by atoms with E-state index < -0.39 is 0 Å². The van der Waals surface area contributed by atoms with Crippen LogP contribution in [0.3, 0.4) is 0 Å². The lowest BCUT2D eigenvalue weighted by Crippen LogP contribution is -2.19. The Hall–Kier alpha value is -2.37. The molecule has 0 bridgehead atoms. The Kier molecular flexibility index (Phi) is 5.06. The van der Waals surface area contributed by atoms with Crippen molar-refractivity contribution in [3.63, 3.8) is 0 Å². The van der Waals surface area contributed by atoms with E-state index in [1.807, 2.05) is 6.92 Å². The minimum absolute atomic E-state index is 0.331. The molecule has 3 rings (SSSR count). The van der Waals surface area contributed by atoms with Gasteiger partial charge in [0.2, 0.25) is 0 Å². The van der Waals surface area contributed by atoms with Gasteiger partial charge in [-0.05, 0) is 62.2 Å². The summed E-state index contributed by atoms with van der Waals surface area (Å²) in [6, 6.07) is 12.9. The van der Waals surface area contributed by atoms with Crippen LogP contribution in [0.2, 0.25) is 5.02 Å². The highest BCUT2D eigenvalue weighted by Gasteiger charge is 2.12. The molecule has 0 unspecified atom stereocenters. The third kappa shape index (κ3) is 4.18. The summed E-state index contributed by atoms with van der Waals surface area (Å²) in [4.78, 5) is 17.8. The summed E-state index contributed by atoms with van der Waals surface area (Å²) in [6.45, 7) is 6.17. The van der Waals surface area contributed by atoms with Crippen LogP contribution in [0.4, 0.5) is 15.6 Å². The lowest BCUT2D eigenvalue weighted by atomic mass is 10.0. The predicted molar refractivity (Wildman–Crippen MR) is 106 cm³/mol. The van der Waals surface area contributed by atoms with E-state index in [-0.39, 0.29) is 6.03 Å². The monoisotopic (exact) mass is 371 g/mol. The molecule has 0 aliphatic heterocycles. The van der Waals surface area contributed by atoms with Crippen LogP contribution in [-0.2, 0) is 0 Å². The first kappa shape index (κ1) is 17.5. The highest BCUT2D eigenvalue weighted by molar-refractivity contribution is 7.16. The first-order chi connectivity index (χ1) is 11.9. The van der Waals surface area contributed by atoms with E-state index >= 15 is 0 Å². The molecule has 1 aromatic heterocycles. The third-order valence-electron chi connectivity index (χ3n) is 3.90. The fourth-order valence-corrected chi connectivity index (χ4v) is 3.36.